The molecular weight excluding hydrogens is 316 g/mol. The predicted octanol–water partition coefficient (Wildman–Crippen LogP) is 2.56. The van der Waals surface area contributed by atoms with Gasteiger partial charge in [0.2, 0.25) is 5.09 Å². The summed E-state index contributed by atoms with van der Waals surface area (Å²) in [5.41, 5.74) is 2.80. The van der Waals surface area contributed by atoms with Crippen LogP contribution in [0.4, 0.5) is 5.69 Å². The number of para-hydroxylation sites is 1. The highest BCUT2D eigenvalue weighted by molar-refractivity contribution is 7.89. The standard InChI is InChI=1S/C16H20N2O4S/c1-4-11-7-6-8-12(5-2)15(11)18-16(19)13-9-10-14(22-13)23(20,21)17-3/h6-10,17H,4-5H2,1-3H3,(H,18,19). The van der Waals surface area contributed by atoms with Crippen molar-refractivity contribution in [2.45, 2.75) is 31.8 Å². The maximum Gasteiger partial charge on any atom is 0.291 e. The number of hydrogen-bond acceptors (Lipinski definition) is 4. The largest absolute Gasteiger partial charge is 0.438 e. The van der Waals surface area contributed by atoms with Crippen LogP contribution in [-0.4, -0.2) is 21.4 Å². The van der Waals surface area contributed by atoms with Gasteiger partial charge < -0.3 is 9.73 Å². The van der Waals surface area contributed by atoms with Gasteiger partial charge in [-0.25, -0.2) is 13.1 Å². The SMILES string of the molecule is CCc1cccc(CC)c1NC(=O)c1ccc(S(=O)(=O)NC)o1. The first kappa shape index (κ1) is 17.2. The molecule has 0 saturated heterocycles. The molecule has 0 saturated carbocycles. The van der Waals surface area contributed by atoms with Crippen LogP contribution in [0.5, 0.6) is 0 Å². The summed E-state index contributed by atoms with van der Waals surface area (Å²) >= 11 is 0. The number of benzene rings is 1. The van der Waals surface area contributed by atoms with Crippen LogP contribution in [0.25, 0.3) is 0 Å². The van der Waals surface area contributed by atoms with E-state index in [9.17, 15) is 13.2 Å². The predicted molar refractivity (Wildman–Crippen MR) is 88.1 cm³/mol. The molecule has 1 aromatic heterocycles. The van der Waals surface area contributed by atoms with Gasteiger partial charge in [0.05, 0.1) is 0 Å². The van der Waals surface area contributed by atoms with Crippen LogP contribution in [0.15, 0.2) is 39.8 Å². The van der Waals surface area contributed by atoms with Crippen molar-refractivity contribution >= 4 is 21.6 Å². The number of nitrogens with one attached hydrogen (secondary N) is 2. The summed E-state index contributed by atoms with van der Waals surface area (Å²) in [5.74, 6) is -0.523. The molecule has 0 aliphatic heterocycles. The van der Waals surface area contributed by atoms with E-state index in [4.69, 9.17) is 4.42 Å². The van der Waals surface area contributed by atoms with E-state index in [0.717, 1.165) is 29.7 Å². The van der Waals surface area contributed by atoms with Gasteiger partial charge in [0, 0.05) is 5.69 Å². The summed E-state index contributed by atoms with van der Waals surface area (Å²) < 4.78 is 30.6. The number of rotatable bonds is 6. The molecule has 7 heteroatoms. The number of furan rings is 1. The Bertz CT molecular complexity index is 787. The second kappa shape index (κ2) is 6.97. The highest BCUT2D eigenvalue weighted by Crippen LogP contribution is 2.24. The number of sulfonamides is 1. The van der Waals surface area contributed by atoms with Gasteiger partial charge in [-0.2, -0.15) is 0 Å². The van der Waals surface area contributed by atoms with E-state index in [-0.39, 0.29) is 10.9 Å². The van der Waals surface area contributed by atoms with Gasteiger partial charge in [-0.3, -0.25) is 4.79 Å². The van der Waals surface area contributed by atoms with Gasteiger partial charge in [0.15, 0.2) is 5.76 Å². The van der Waals surface area contributed by atoms with Crippen molar-refractivity contribution in [2.24, 2.45) is 0 Å². The van der Waals surface area contributed by atoms with Gasteiger partial charge in [0.1, 0.15) is 0 Å². The fourth-order valence-electron chi connectivity index (χ4n) is 2.27. The molecule has 0 atom stereocenters. The lowest BCUT2D eigenvalue weighted by Gasteiger charge is -2.13. The van der Waals surface area contributed by atoms with Crippen molar-refractivity contribution in [1.29, 1.82) is 0 Å². The molecule has 0 aliphatic rings. The van der Waals surface area contributed by atoms with E-state index in [1.54, 1.807) is 0 Å². The van der Waals surface area contributed by atoms with Gasteiger partial charge in [0.25, 0.3) is 15.9 Å². The Hall–Kier alpha value is -2.12. The molecule has 6 nitrogen and oxygen atoms in total. The van der Waals surface area contributed by atoms with Gasteiger partial charge in [-0.05, 0) is 43.1 Å². The smallest absolute Gasteiger partial charge is 0.291 e. The van der Waals surface area contributed by atoms with Gasteiger partial charge in [-0.15, -0.1) is 0 Å². The van der Waals surface area contributed by atoms with Crippen molar-refractivity contribution in [3.05, 3.63) is 47.2 Å². The van der Waals surface area contributed by atoms with E-state index in [1.165, 1.54) is 19.2 Å². The summed E-state index contributed by atoms with van der Waals surface area (Å²) in [6.45, 7) is 4.02. The Morgan fingerprint density at radius 3 is 2.22 bits per heavy atom. The normalized spacial score (nSPS) is 11.4. The average molecular weight is 336 g/mol. The van der Waals surface area contributed by atoms with E-state index >= 15 is 0 Å². The fourth-order valence-corrected chi connectivity index (χ4v) is 2.91. The molecule has 0 bridgehead atoms. The molecule has 124 valence electrons. The topological polar surface area (TPSA) is 88.4 Å². The first-order chi connectivity index (χ1) is 10.9. The lowest BCUT2D eigenvalue weighted by molar-refractivity contribution is 0.0991. The minimum Gasteiger partial charge on any atom is -0.438 e. The van der Waals surface area contributed by atoms with Crippen LogP contribution in [0, 0.1) is 0 Å². The number of carbonyl (C=O) groups excluding carboxylic acids is 1. The Labute approximate surface area is 135 Å². The van der Waals surface area contributed by atoms with E-state index in [1.807, 2.05) is 32.0 Å². The maximum absolute atomic E-state index is 12.4. The van der Waals surface area contributed by atoms with Gasteiger partial charge in [-0.1, -0.05) is 32.0 Å². The summed E-state index contributed by atoms with van der Waals surface area (Å²) in [7, 11) is -2.43. The third-order valence-electron chi connectivity index (χ3n) is 3.58. The van der Waals surface area contributed by atoms with Crippen molar-refractivity contribution in [3.8, 4) is 0 Å². The highest BCUT2D eigenvalue weighted by atomic mass is 32.2. The van der Waals surface area contributed by atoms with Crippen LogP contribution in [-0.2, 0) is 22.9 Å². The first-order valence-electron chi connectivity index (χ1n) is 7.38. The zero-order chi connectivity index (χ0) is 17.0. The Kier molecular flexibility index (Phi) is 5.23. The minimum absolute atomic E-state index is 0.0493. The fraction of sp³-hybridized carbons (Fsp3) is 0.312. The number of carbonyl (C=O) groups is 1. The van der Waals surface area contributed by atoms with E-state index in [2.05, 4.69) is 10.0 Å². The molecule has 1 heterocycles. The maximum atomic E-state index is 12.4. The Morgan fingerprint density at radius 1 is 1.09 bits per heavy atom. The minimum atomic E-state index is -3.71. The first-order valence-corrected chi connectivity index (χ1v) is 8.86. The van der Waals surface area contributed by atoms with E-state index < -0.39 is 15.9 Å². The molecule has 1 amide bonds. The second-order valence-electron chi connectivity index (χ2n) is 4.94. The summed E-state index contributed by atoms with van der Waals surface area (Å²) in [6, 6.07) is 8.46. The molecule has 23 heavy (non-hydrogen) atoms. The molecule has 0 spiro atoms. The molecular formula is C16H20N2O4S. The molecule has 1 aromatic carbocycles. The molecule has 2 N–H and O–H groups in total. The summed E-state index contributed by atoms with van der Waals surface area (Å²) in [5, 5.41) is 2.54. The monoisotopic (exact) mass is 336 g/mol. The lowest BCUT2D eigenvalue weighted by Crippen LogP contribution is -2.18. The van der Waals surface area contributed by atoms with Gasteiger partial charge >= 0.3 is 0 Å². The summed E-state index contributed by atoms with van der Waals surface area (Å²) in [6.07, 6.45) is 1.56. The third-order valence-corrected chi connectivity index (χ3v) is 4.86. The van der Waals surface area contributed by atoms with Crippen LogP contribution >= 0.6 is 0 Å². The molecule has 2 aromatic rings. The lowest BCUT2D eigenvalue weighted by atomic mass is 10.0. The summed E-state index contributed by atoms with van der Waals surface area (Å²) in [4.78, 5) is 12.4. The molecule has 2 rings (SSSR count). The Balaban J connectivity index is 2.30. The van der Waals surface area contributed by atoms with Crippen LogP contribution in [0.1, 0.15) is 35.5 Å². The zero-order valence-corrected chi connectivity index (χ0v) is 14.2. The molecule has 0 unspecified atom stereocenters. The number of hydrogen-bond donors (Lipinski definition) is 2. The van der Waals surface area contributed by atoms with Crippen LogP contribution in [0.2, 0.25) is 0 Å². The number of aryl methyl sites for hydroxylation is 2. The highest BCUT2D eigenvalue weighted by Gasteiger charge is 2.20. The molecule has 0 radical (unpaired) electrons. The average Bonchev–Trinajstić information content (AvgIpc) is 3.06. The molecule has 0 aliphatic carbocycles. The van der Waals surface area contributed by atoms with Crippen LogP contribution < -0.4 is 10.0 Å². The quantitative estimate of drug-likeness (QED) is 0.848. The van der Waals surface area contributed by atoms with Crippen molar-refractivity contribution in [3.63, 3.8) is 0 Å². The van der Waals surface area contributed by atoms with Crippen LogP contribution in [0.3, 0.4) is 0 Å². The second-order valence-corrected chi connectivity index (χ2v) is 6.76. The van der Waals surface area contributed by atoms with Crippen molar-refractivity contribution < 1.29 is 17.6 Å². The zero-order valence-electron chi connectivity index (χ0n) is 13.3. The van der Waals surface area contributed by atoms with Crippen molar-refractivity contribution in [1.82, 2.24) is 4.72 Å². The number of anilines is 1. The third kappa shape index (κ3) is 3.62. The Morgan fingerprint density at radius 2 is 1.70 bits per heavy atom. The van der Waals surface area contributed by atoms with E-state index in [0.29, 0.717) is 0 Å². The molecule has 0 fully saturated rings. The number of amides is 1. The van der Waals surface area contributed by atoms with Crippen molar-refractivity contribution in [2.75, 3.05) is 12.4 Å².